The summed E-state index contributed by atoms with van der Waals surface area (Å²) >= 11 is 7.16. The van der Waals surface area contributed by atoms with Crippen molar-refractivity contribution in [2.45, 2.75) is 20.3 Å². The van der Waals surface area contributed by atoms with Crippen LogP contribution < -0.4 is 4.90 Å². The Kier molecular flexibility index (Phi) is 6.86. The number of benzene rings is 5. The van der Waals surface area contributed by atoms with Crippen molar-refractivity contribution in [2.24, 2.45) is 5.92 Å². The lowest BCUT2D eigenvalue weighted by Crippen LogP contribution is -2.10. The monoisotopic (exact) mass is 622 g/mol. The normalized spacial score (nSPS) is 11.5. The van der Waals surface area contributed by atoms with Gasteiger partial charge in [0.25, 0.3) is 0 Å². The first kappa shape index (κ1) is 25.0. The van der Waals surface area contributed by atoms with Crippen molar-refractivity contribution in [1.82, 2.24) is 4.57 Å². The van der Waals surface area contributed by atoms with Crippen molar-refractivity contribution in [1.29, 1.82) is 0 Å². The number of para-hydroxylation sites is 1. The number of aromatic nitrogens is 1. The fourth-order valence-corrected chi connectivity index (χ4v) is 5.80. The Balaban J connectivity index is 1.48. The third-order valence-corrected chi connectivity index (χ3v) is 7.98. The molecule has 0 aliphatic heterocycles. The minimum absolute atomic E-state index is 0.618. The van der Waals surface area contributed by atoms with Gasteiger partial charge in [-0.2, -0.15) is 0 Å². The fraction of sp³-hybridized carbons (Fsp3) is 0.118. The molecule has 0 fully saturated rings. The van der Waals surface area contributed by atoms with E-state index in [9.17, 15) is 0 Å². The third-order valence-electron chi connectivity index (χ3n) is 6.92. The quantitative estimate of drug-likeness (QED) is 0.179. The van der Waals surface area contributed by atoms with Gasteiger partial charge in [-0.1, -0.05) is 76.0 Å². The average Bonchev–Trinajstić information content (AvgIpc) is 3.25. The van der Waals surface area contributed by atoms with Crippen LogP contribution in [0.15, 0.2) is 124 Å². The van der Waals surface area contributed by atoms with Gasteiger partial charge >= 0.3 is 0 Å². The molecule has 0 amide bonds. The molecule has 6 aromatic rings. The van der Waals surface area contributed by atoms with E-state index in [1.165, 1.54) is 27.4 Å². The number of fused-ring (bicyclic) bond motifs is 3. The van der Waals surface area contributed by atoms with E-state index in [1.807, 2.05) is 0 Å². The lowest BCUT2D eigenvalue weighted by Gasteiger charge is -2.26. The topological polar surface area (TPSA) is 8.17 Å². The molecule has 0 saturated heterocycles. The van der Waals surface area contributed by atoms with Crippen molar-refractivity contribution in [2.75, 3.05) is 4.90 Å². The highest BCUT2D eigenvalue weighted by molar-refractivity contribution is 9.10. The molecule has 6 rings (SSSR count). The summed E-state index contributed by atoms with van der Waals surface area (Å²) in [6, 6.07) is 41.5. The lowest BCUT2D eigenvalue weighted by atomic mass is 10.0. The van der Waals surface area contributed by atoms with Gasteiger partial charge in [0.15, 0.2) is 0 Å². The predicted octanol–water partition coefficient (Wildman–Crippen LogP) is 11.0. The molecule has 2 nitrogen and oxygen atoms in total. The maximum absolute atomic E-state index is 3.58. The van der Waals surface area contributed by atoms with Crippen LogP contribution in [0.1, 0.15) is 19.4 Å². The van der Waals surface area contributed by atoms with E-state index in [0.717, 1.165) is 38.1 Å². The van der Waals surface area contributed by atoms with Crippen LogP contribution in [0.5, 0.6) is 0 Å². The van der Waals surface area contributed by atoms with Crippen LogP contribution in [0.25, 0.3) is 27.5 Å². The smallest absolute Gasteiger partial charge is 0.0543 e. The summed E-state index contributed by atoms with van der Waals surface area (Å²) in [7, 11) is 0. The molecule has 0 saturated carbocycles. The first-order chi connectivity index (χ1) is 18.5. The average molecular weight is 624 g/mol. The van der Waals surface area contributed by atoms with E-state index >= 15 is 0 Å². The van der Waals surface area contributed by atoms with Gasteiger partial charge in [0.2, 0.25) is 0 Å². The Morgan fingerprint density at radius 1 is 0.605 bits per heavy atom. The number of halogens is 2. The molecule has 0 N–H and O–H groups in total. The molecule has 0 spiro atoms. The van der Waals surface area contributed by atoms with Gasteiger partial charge in [-0.3, -0.25) is 0 Å². The Morgan fingerprint density at radius 3 is 1.71 bits per heavy atom. The van der Waals surface area contributed by atoms with Crippen LogP contribution in [-0.4, -0.2) is 4.57 Å². The molecule has 1 aromatic heterocycles. The Hall–Kier alpha value is -3.34. The van der Waals surface area contributed by atoms with Crippen LogP contribution >= 0.6 is 31.9 Å². The highest BCUT2D eigenvalue weighted by Gasteiger charge is 2.16. The minimum Gasteiger partial charge on any atom is -0.311 e. The molecule has 0 radical (unpaired) electrons. The zero-order valence-electron chi connectivity index (χ0n) is 21.4. The second-order valence-corrected chi connectivity index (χ2v) is 11.9. The second kappa shape index (κ2) is 10.4. The zero-order chi connectivity index (χ0) is 26.2. The van der Waals surface area contributed by atoms with Crippen molar-refractivity contribution in [3.8, 4) is 5.69 Å². The molecule has 0 aliphatic rings. The lowest BCUT2D eigenvalue weighted by molar-refractivity contribution is 0.647. The minimum atomic E-state index is 0.618. The summed E-state index contributed by atoms with van der Waals surface area (Å²) < 4.78 is 4.54. The number of nitrogens with zero attached hydrogens (tertiary/aromatic N) is 2. The molecule has 188 valence electrons. The van der Waals surface area contributed by atoms with E-state index in [-0.39, 0.29) is 0 Å². The van der Waals surface area contributed by atoms with Crippen LogP contribution in [0.2, 0.25) is 0 Å². The van der Waals surface area contributed by atoms with E-state index in [2.05, 4.69) is 170 Å². The van der Waals surface area contributed by atoms with Gasteiger partial charge in [-0.25, -0.2) is 0 Å². The molecule has 38 heavy (non-hydrogen) atoms. The van der Waals surface area contributed by atoms with E-state index in [4.69, 9.17) is 0 Å². The molecule has 0 unspecified atom stereocenters. The van der Waals surface area contributed by atoms with Crippen LogP contribution in [-0.2, 0) is 6.42 Å². The third kappa shape index (κ3) is 4.79. The van der Waals surface area contributed by atoms with Crippen LogP contribution in [0, 0.1) is 5.92 Å². The molecule has 5 aromatic carbocycles. The fourth-order valence-electron chi connectivity index (χ4n) is 5.27. The molecule has 0 atom stereocenters. The largest absolute Gasteiger partial charge is 0.311 e. The number of hydrogen-bond acceptors (Lipinski definition) is 1. The summed E-state index contributed by atoms with van der Waals surface area (Å²) in [4.78, 5) is 2.29. The molecule has 0 aliphatic carbocycles. The van der Waals surface area contributed by atoms with Gasteiger partial charge in [-0.05, 0) is 103 Å². The maximum atomic E-state index is 3.58. The Morgan fingerprint density at radius 2 is 1.13 bits per heavy atom. The van der Waals surface area contributed by atoms with Gasteiger partial charge < -0.3 is 9.47 Å². The zero-order valence-corrected chi connectivity index (χ0v) is 24.6. The van der Waals surface area contributed by atoms with E-state index in [0.29, 0.717) is 5.92 Å². The Bertz CT molecular complexity index is 1670. The molecule has 1 heterocycles. The van der Waals surface area contributed by atoms with Crippen LogP contribution in [0.4, 0.5) is 17.1 Å². The highest BCUT2D eigenvalue weighted by atomic mass is 79.9. The van der Waals surface area contributed by atoms with Crippen LogP contribution in [0.3, 0.4) is 0 Å². The van der Waals surface area contributed by atoms with Gasteiger partial charge in [0.05, 0.1) is 11.0 Å². The van der Waals surface area contributed by atoms with Gasteiger partial charge in [0.1, 0.15) is 0 Å². The summed E-state index contributed by atoms with van der Waals surface area (Å²) in [6.45, 7) is 4.56. The predicted molar refractivity (Wildman–Crippen MR) is 169 cm³/mol. The summed E-state index contributed by atoms with van der Waals surface area (Å²) in [5.41, 5.74) is 8.36. The summed E-state index contributed by atoms with van der Waals surface area (Å²) in [5.74, 6) is 0.618. The van der Waals surface area contributed by atoms with E-state index in [1.54, 1.807) is 0 Å². The van der Waals surface area contributed by atoms with Crippen molar-refractivity contribution < 1.29 is 0 Å². The first-order valence-electron chi connectivity index (χ1n) is 12.9. The van der Waals surface area contributed by atoms with Crippen molar-refractivity contribution in [3.63, 3.8) is 0 Å². The first-order valence-corrected chi connectivity index (χ1v) is 14.5. The number of hydrogen-bond donors (Lipinski definition) is 0. The molecule has 4 heteroatoms. The molecular formula is C34H28Br2N2. The molecule has 0 bridgehead atoms. The molecular weight excluding hydrogens is 596 g/mol. The summed E-state index contributed by atoms with van der Waals surface area (Å²) in [6.07, 6.45) is 1.08. The number of anilines is 3. The van der Waals surface area contributed by atoms with Crippen molar-refractivity contribution >= 4 is 70.7 Å². The van der Waals surface area contributed by atoms with Gasteiger partial charge in [0, 0.05) is 42.5 Å². The second-order valence-electron chi connectivity index (χ2n) is 10.1. The van der Waals surface area contributed by atoms with Gasteiger partial charge in [-0.15, -0.1) is 0 Å². The highest BCUT2D eigenvalue weighted by Crippen LogP contribution is 2.38. The maximum Gasteiger partial charge on any atom is 0.0543 e. The SMILES string of the molecule is CC(C)Cc1ccc2c3ccccc3n(-c3ccc(N(c4ccc(Br)cc4)c4ccc(Br)cc4)cc3)c2c1. The van der Waals surface area contributed by atoms with E-state index < -0.39 is 0 Å². The standard InChI is InChI=1S/C34H28Br2N2/c1-23(2)21-24-7-20-32-31-5-3-4-6-33(31)38(34(32)22-24)30-18-16-29(17-19-30)37(27-12-8-25(35)9-13-27)28-14-10-26(36)11-15-28/h3-20,22-23H,21H2,1-2H3. The Labute approximate surface area is 240 Å². The summed E-state index contributed by atoms with van der Waals surface area (Å²) in [5, 5.41) is 2.58. The van der Waals surface area contributed by atoms with Crippen molar-refractivity contribution in [3.05, 3.63) is 130 Å². The number of rotatable bonds is 6.